The number of rotatable bonds is 3. The summed E-state index contributed by atoms with van der Waals surface area (Å²) in [4.78, 5) is 15.9. The Hall–Kier alpha value is -2.43. The van der Waals surface area contributed by atoms with E-state index in [-0.39, 0.29) is 16.9 Å². The second kappa shape index (κ2) is 4.83. The van der Waals surface area contributed by atoms with Gasteiger partial charge >= 0.3 is 0 Å². The highest BCUT2D eigenvalue weighted by Crippen LogP contribution is 2.20. The summed E-state index contributed by atoms with van der Waals surface area (Å²) in [6.45, 7) is 0. The molecule has 5 heteroatoms. The van der Waals surface area contributed by atoms with E-state index < -0.39 is 11.6 Å². The molecule has 0 aliphatic rings. The molecule has 0 amide bonds. The van der Waals surface area contributed by atoms with Gasteiger partial charge in [0.1, 0.15) is 17.4 Å². The van der Waals surface area contributed by atoms with Crippen molar-refractivity contribution < 1.29 is 13.9 Å². The number of hydrogen-bond acceptors (Lipinski definition) is 4. The largest absolute Gasteiger partial charge is 0.497 e. The lowest BCUT2D eigenvalue weighted by Gasteiger charge is -2.06. The van der Waals surface area contributed by atoms with Crippen molar-refractivity contribution in [1.82, 2.24) is 4.98 Å². The Labute approximate surface area is 103 Å². The van der Waals surface area contributed by atoms with Crippen LogP contribution in [0.1, 0.15) is 15.9 Å². The van der Waals surface area contributed by atoms with Crippen LogP contribution in [0.3, 0.4) is 0 Å². The molecule has 0 fully saturated rings. The van der Waals surface area contributed by atoms with Gasteiger partial charge in [-0.15, -0.1) is 0 Å². The molecule has 0 aliphatic heterocycles. The number of methoxy groups -OCH3 is 1. The number of halogens is 1. The third-order valence-electron chi connectivity index (χ3n) is 2.50. The normalized spacial score (nSPS) is 10.1. The predicted molar refractivity (Wildman–Crippen MR) is 65.0 cm³/mol. The summed E-state index contributed by atoms with van der Waals surface area (Å²) >= 11 is 0. The molecule has 0 bridgehead atoms. The third kappa shape index (κ3) is 2.15. The number of carbonyl (C=O) groups is 1. The Morgan fingerprint density at radius 3 is 2.72 bits per heavy atom. The fourth-order valence-corrected chi connectivity index (χ4v) is 1.56. The fraction of sp³-hybridized carbons (Fsp3) is 0.0769. The minimum Gasteiger partial charge on any atom is -0.497 e. The predicted octanol–water partition coefficient (Wildman–Crippen LogP) is 2.04. The average molecular weight is 246 g/mol. The second-order valence-corrected chi connectivity index (χ2v) is 3.61. The van der Waals surface area contributed by atoms with Crippen molar-refractivity contribution >= 4 is 11.6 Å². The first-order valence-corrected chi connectivity index (χ1v) is 5.22. The molecule has 18 heavy (non-hydrogen) atoms. The van der Waals surface area contributed by atoms with Gasteiger partial charge in [0.25, 0.3) is 0 Å². The number of ketones is 1. The summed E-state index contributed by atoms with van der Waals surface area (Å²) in [6, 6.07) is 7.12. The van der Waals surface area contributed by atoms with Crippen LogP contribution >= 0.6 is 0 Å². The fourth-order valence-electron chi connectivity index (χ4n) is 1.56. The van der Waals surface area contributed by atoms with Crippen molar-refractivity contribution in [3.8, 4) is 5.75 Å². The molecule has 92 valence electrons. The first-order valence-electron chi connectivity index (χ1n) is 5.22. The van der Waals surface area contributed by atoms with Crippen LogP contribution in [0.15, 0.2) is 36.5 Å². The summed E-state index contributed by atoms with van der Waals surface area (Å²) in [5.74, 6) is -0.718. The molecule has 1 heterocycles. The van der Waals surface area contributed by atoms with E-state index >= 15 is 0 Å². The molecular formula is C13H11FN2O2. The lowest BCUT2D eigenvalue weighted by molar-refractivity contribution is 0.103. The molecule has 0 unspecified atom stereocenters. The van der Waals surface area contributed by atoms with Gasteiger partial charge in [-0.3, -0.25) is 4.79 Å². The van der Waals surface area contributed by atoms with Gasteiger partial charge in [-0.25, -0.2) is 9.37 Å². The van der Waals surface area contributed by atoms with Crippen LogP contribution in [0.25, 0.3) is 0 Å². The maximum atomic E-state index is 13.7. The molecule has 0 radical (unpaired) electrons. The monoisotopic (exact) mass is 246 g/mol. The Morgan fingerprint density at radius 2 is 2.11 bits per heavy atom. The molecule has 1 aromatic heterocycles. The van der Waals surface area contributed by atoms with E-state index in [1.54, 1.807) is 6.07 Å². The molecule has 2 rings (SSSR count). The molecular weight excluding hydrogens is 235 g/mol. The zero-order chi connectivity index (χ0) is 13.1. The highest BCUT2D eigenvalue weighted by Gasteiger charge is 2.17. The van der Waals surface area contributed by atoms with E-state index in [1.165, 1.54) is 31.5 Å². The smallest absolute Gasteiger partial charge is 0.199 e. The SMILES string of the molecule is COc1ccc(C(=O)c2cccnc2N)c(F)c1. The number of nitrogen functional groups attached to an aromatic ring is 1. The van der Waals surface area contributed by atoms with Crippen molar-refractivity contribution in [2.75, 3.05) is 12.8 Å². The molecule has 0 saturated heterocycles. The molecule has 0 spiro atoms. The molecule has 4 nitrogen and oxygen atoms in total. The van der Waals surface area contributed by atoms with Gasteiger partial charge in [0.2, 0.25) is 0 Å². The van der Waals surface area contributed by atoms with E-state index in [0.717, 1.165) is 6.07 Å². The number of ether oxygens (including phenoxy) is 1. The maximum Gasteiger partial charge on any atom is 0.199 e. The van der Waals surface area contributed by atoms with Crippen LogP contribution in [0.4, 0.5) is 10.2 Å². The van der Waals surface area contributed by atoms with Crippen LogP contribution in [-0.4, -0.2) is 17.9 Å². The van der Waals surface area contributed by atoms with Crippen molar-refractivity contribution in [3.63, 3.8) is 0 Å². The van der Waals surface area contributed by atoms with Crippen LogP contribution in [0, 0.1) is 5.82 Å². The van der Waals surface area contributed by atoms with E-state index in [9.17, 15) is 9.18 Å². The number of hydrogen-bond donors (Lipinski definition) is 1. The lowest BCUT2D eigenvalue weighted by Crippen LogP contribution is -2.08. The van der Waals surface area contributed by atoms with Gasteiger partial charge in [0, 0.05) is 12.3 Å². The Kier molecular flexibility index (Phi) is 3.23. The first-order chi connectivity index (χ1) is 8.63. The standard InChI is InChI=1S/C13H11FN2O2/c1-18-8-4-5-9(11(14)7-8)12(17)10-3-2-6-16-13(10)15/h2-7H,1H3,(H2,15,16). The average Bonchev–Trinajstić information content (AvgIpc) is 2.38. The number of nitrogens with zero attached hydrogens (tertiary/aromatic N) is 1. The van der Waals surface area contributed by atoms with Crippen LogP contribution in [0.2, 0.25) is 0 Å². The molecule has 0 saturated carbocycles. The number of benzene rings is 1. The van der Waals surface area contributed by atoms with Gasteiger partial charge in [0.15, 0.2) is 5.78 Å². The number of aromatic nitrogens is 1. The first kappa shape index (κ1) is 12.0. The molecule has 1 aromatic carbocycles. The summed E-state index contributed by atoms with van der Waals surface area (Å²) in [7, 11) is 1.43. The van der Waals surface area contributed by atoms with Crippen LogP contribution in [-0.2, 0) is 0 Å². The Morgan fingerprint density at radius 1 is 1.33 bits per heavy atom. The summed E-state index contributed by atoms with van der Waals surface area (Å²) in [6.07, 6.45) is 1.47. The second-order valence-electron chi connectivity index (χ2n) is 3.61. The highest BCUT2D eigenvalue weighted by molar-refractivity contribution is 6.11. The molecule has 2 aromatic rings. The topological polar surface area (TPSA) is 65.2 Å². The van der Waals surface area contributed by atoms with Gasteiger partial charge in [-0.2, -0.15) is 0 Å². The Balaban J connectivity index is 2.44. The summed E-state index contributed by atoms with van der Waals surface area (Å²) in [5, 5.41) is 0. The number of pyridine rings is 1. The van der Waals surface area contributed by atoms with Crippen LogP contribution in [0.5, 0.6) is 5.75 Å². The zero-order valence-electron chi connectivity index (χ0n) is 9.68. The van der Waals surface area contributed by atoms with E-state index in [2.05, 4.69) is 4.98 Å². The summed E-state index contributed by atoms with van der Waals surface area (Å²) < 4.78 is 18.6. The highest BCUT2D eigenvalue weighted by atomic mass is 19.1. The maximum absolute atomic E-state index is 13.7. The molecule has 0 atom stereocenters. The van der Waals surface area contributed by atoms with E-state index in [0.29, 0.717) is 5.75 Å². The van der Waals surface area contributed by atoms with Gasteiger partial charge < -0.3 is 10.5 Å². The summed E-state index contributed by atoms with van der Waals surface area (Å²) in [5.41, 5.74) is 5.71. The Bertz CT molecular complexity index is 599. The number of carbonyl (C=O) groups excluding carboxylic acids is 1. The van der Waals surface area contributed by atoms with Gasteiger partial charge in [-0.05, 0) is 24.3 Å². The number of nitrogens with two attached hydrogens (primary N) is 1. The van der Waals surface area contributed by atoms with Gasteiger partial charge in [-0.1, -0.05) is 0 Å². The third-order valence-corrected chi connectivity index (χ3v) is 2.50. The molecule has 2 N–H and O–H groups in total. The van der Waals surface area contributed by atoms with Crippen LogP contribution < -0.4 is 10.5 Å². The van der Waals surface area contributed by atoms with E-state index in [4.69, 9.17) is 10.5 Å². The quantitative estimate of drug-likeness (QED) is 0.842. The lowest BCUT2D eigenvalue weighted by atomic mass is 10.0. The van der Waals surface area contributed by atoms with Crippen molar-refractivity contribution in [2.24, 2.45) is 0 Å². The molecule has 0 aliphatic carbocycles. The zero-order valence-corrected chi connectivity index (χ0v) is 9.68. The minimum atomic E-state index is -0.650. The van der Waals surface area contributed by atoms with Crippen molar-refractivity contribution in [2.45, 2.75) is 0 Å². The van der Waals surface area contributed by atoms with E-state index in [1.807, 2.05) is 0 Å². The van der Waals surface area contributed by atoms with Gasteiger partial charge in [0.05, 0.1) is 18.2 Å². The van der Waals surface area contributed by atoms with Crippen molar-refractivity contribution in [3.05, 3.63) is 53.5 Å². The van der Waals surface area contributed by atoms with Crippen molar-refractivity contribution in [1.29, 1.82) is 0 Å². The minimum absolute atomic E-state index is 0.0597. The number of anilines is 1.